The van der Waals surface area contributed by atoms with Crippen molar-refractivity contribution in [3.05, 3.63) is 29.8 Å². The minimum absolute atomic E-state index is 0.227. The lowest BCUT2D eigenvalue weighted by atomic mass is 9.93. The summed E-state index contributed by atoms with van der Waals surface area (Å²) in [5, 5.41) is 39.5. The highest BCUT2D eigenvalue weighted by molar-refractivity contribution is 5.47. The molecule has 1 fully saturated rings. The molecule has 1 aliphatic rings. The van der Waals surface area contributed by atoms with Gasteiger partial charge in [-0.05, 0) is 30.5 Å². The van der Waals surface area contributed by atoms with Crippen LogP contribution in [0.1, 0.15) is 45.1 Å². The maximum atomic E-state index is 10.1. The van der Waals surface area contributed by atoms with Gasteiger partial charge in [-0.1, -0.05) is 38.8 Å². The number of β-amino-alcohol motifs (C(OH)–C–C–N with tert-alkyl or cyclic N) is 1. The summed E-state index contributed by atoms with van der Waals surface area (Å²) in [6, 6.07) is 7.81. The Bertz CT molecular complexity index is 531. The molecule has 154 valence electrons. The van der Waals surface area contributed by atoms with Gasteiger partial charge >= 0.3 is 0 Å². The third-order valence-electron chi connectivity index (χ3n) is 5.47. The molecule has 1 unspecified atom stereocenters. The van der Waals surface area contributed by atoms with Gasteiger partial charge in [0.15, 0.2) is 0 Å². The number of hydrogen-bond acceptors (Lipinski definition) is 6. The molecule has 0 spiro atoms. The number of hydrogen-bond donors (Lipinski definition) is 4. The molecule has 1 aromatic carbocycles. The zero-order valence-corrected chi connectivity index (χ0v) is 16.7. The zero-order valence-electron chi connectivity index (χ0n) is 16.7. The van der Waals surface area contributed by atoms with Crippen LogP contribution >= 0.6 is 0 Å². The fourth-order valence-corrected chi connectivity index (χ4v) is 3.67. The number of nitrogens with zero attached hydrogens (tertiary/aromatic N) is 2. The average molecular weight is 381 g/mol. The summed E-state index contributed by atoms with van der Waals surface area (Å²) in [5.74, 6) is 0. The van der Waals surface area contributed by atoms with Crippen LogP contribution in [0, 0.1) is 0 Å². The molecule has 6 heteroatoms. The van der Waals surface area contributed by atoms with Gasteiger partial charge in [0.25, 0.3) is 0 Å². The molecule has 4 atom stereocenters. The summed E-state index contributed by atoms with van der Waals surface area (Å²) >= 11 is 0. The van der Waals surface area contributed by atoms with E-state index in [0.717, 1.165) is 18.7 Å². The van der Waals surface area contributed by atoms with Crippen molar-refractivity contribution < 1.29 is 20.4 Å². The lowest BCUT2D eigenvalue weighted by molar-refractivity contribution is -0.147. The van der Waals surface area contributed by atoms with E-state index in [9.17, 15) is 20.4 Å². The minimum atomic E-state index is -1.22. The first-order chi connectivity index (χ1) is 13.0. The standard InChI is InChI=1S/C21H36N2O4/c1-3-5-11-22(12-6-4-2)17-9-7-16(8-10-17)13-23-14-19(25)21(27)20(26)18(23)15-24/h7-10,18-21,24-27H,3-6,11-15H2,1-2H3/t18-,19-,20+,21?/m0/s1. The molecule has 1 saturated heterocycles. The summed E-state index contributed by atoms with van der Waals surface area (Å²) in [6.07, 6.45) is 1.32. The molecule has 0 saturated carbocycles. The number of unbranched alkanes of at least 4 members (excludes halogenated alkanes) is 2. The first-order valence-electron chi connectivity index (χ1n) is 10.2. The number of aliphatic hydroxyl groups is 4. The second kappa shape index (κ2) is 11.0. The van der Waals surface area contributed by atoms with Crippen molar-refractivity contribution in [1.29, 1.82) is 0 Å². The van der Waals surface area contributed by atoms with Gasteiger partial charge in [-0.15, -0.1) is 0 Å². The van der Waals surface area contributed by atoms with Crippen LogP contribution in [-0.4, -0.2) is 75.9 Å². The number of aliphatic hydroxyl groups excluding tert-OH is 4. The smallest absolute Gasteiger partial charge is 0.109 e. The Kier molecular flexibility index (Phi) is 8.99. The molecule has 27 heavy (non-hydrogen) atoms. The number of rotatable bonds is 10. The van der Waals surface area contributed by atoms with E-state index >= 15 is 0 Å². The fraction of sp³-hybridized carbons (Fsp3) is 0.714. The Morgan fingerprint density at radius 2 is 1.56 bits per heavy atom. The Morgan fingerprint density at radius 3 is 2.07 bits per heavy atom. The van der Waals surface area contributed by atoms with Crippen molar-refractivity contribution in [3.63, 3.8) is 0 Å². The maximum Gasteiger partial charge on any atom is 0.109 e. The maximum absolute atomic E-state index is 10.1. The van der Waals surface area contributed by atoms with E-state index in [4.69, 9.17) is 0 Å². The molecular weight excluding hydrogens is 344 g/mol. The normalized spacial score (nSPS) is 26.3. The van der Waals surface area contributed by atoms with Gasteiger partial charge in [-0.25, -0.2) is 0 Å². The predicted octanol–water partition coefficient (Wildman–Crippen LogP) is 1.35. The first kappa shape index (κ1) is 22.1. The second-order valence-corrected chi connectivity index (χ2v) is 7.59. The molecule has 4 N–H and O–H groups in total. The molecule has 2 rings (SSSR count). The fourth-order valence-electron chi connectivity index (χ4n) is 3.67. The Balaban J connectivity index is 2.04. The van der Waals surface area contributed by atoms with E-state index in [2.05, 4.69) is 43.0 Å². The van der Waals surface area contributed by atoms with E-state index in [1.807, 2.05) is 4.90 Å². The number of benzene rings is 1. The Labute approximate surface area is 163 Å². The van der Waals surface area contributed by atoms with Crippen molar-refractivity contribution in [2.24, 2.45) is 0 Å². The van der Waals surface area contributed by atoms with Gasteiger partial charge in [0.2, 0.25) is 0 Å². The van der Waals surface area contributed by atoms with E-state index in [0.29, 0.717) is 6.54 Å². The molecular formula is C21H36N2O4. The highest BCUT2D eigenvalue weighted by Gasteiger charge is 2.40. The summed E-state index contributed by atoms with van der Waals surface area (Å²) in [5.41, 5.74) is 2.27. The Hall–Kier alpha value is -1.18. The highest BCUT2D eigenvalue weighted by atomic mass is 16.4. The molecule has 1 aliphatic heterocycles. The number of anilines is 1. The van der Waals surface area contributed by atoms with E-state index in [1.54, 1.807) is 0 Å². The zero-order chi connectivity index (χ0) is 19.8. The van der Waals surface area contributed by atoms with Crippen molar-refractivity contribution in [3.8, 4) is 0 Å². The molecule has 0 radical (unpaired) electrons. The lowest BCUT2D eigenvalue weighted by Gasteiger charge is -2.43. The molecule has 0 bridgehead atoms. The van der Waals surface area contributed by atoms with Crippen LogP contribution in [0.2, 0.25) is 0 Å². The van der Waals surface area contributed by atoms with Crippen LogP contribution in [0.25, 0.3) is 0 Å². The SMILES string of the molecule is CCCCN(CCCC)c1ccc(CN2C[C@H](O)C(O)[C@H](O)[C@@H]2CO)cc1. The lowest BCUT2D eigenvalue weighted by Crippen LogP contribution is -2.62. The van der Waals surface area contributed by atoms with Crippen molar-refractivity contribution in [2.75, 3.05) is 31.1 Å². The van der Waals surface area contributed by atoms with Gasteiger partial charge in [-0.2, -0.15) is 0 Å². The van der Waals surface area contributed by atoms with Gasteiger partial charge in [0, 0.05) is 31.9 Å². The number of piperidine rings is 1. The summed E-state index contributed by atoms with van der Waals surface area (Å²) < 4.78 is 0. The molecule has 1 heterocycles. The van der Waals surface area contributed by atoms with Gasteiger partial charge < -0.3 is 25.3 Å². The predicted molar refractivity (Wildman–Crippen MR) is 108 cm³/mol. The third-order valence-corrected chi connectivity index (χ3v) is 5.47. The average Bonchev–Trinajstić information content (AvgIpc) is 2.67. The second-order valence-electron chi connectivity index (χ2n) is 7.59. The molecule has 0 aliphatic carbocycles. The van der Waals surface area contributed by atoms with Gasteiger partial charge in [-0.3, -0.25) is 4.90 Å². The monoisotopic (exact) mass is 380 g/mol. The Morgan fingerprint density at radius 1 is 0.963 bits per heavy atom. The number of likely N-dealkylation sites (tertiary alicyclic amines) is 1. The van der Waals surface area contributed by atoms with E-state index < -0.39 is 24.4 Å². The molecule has 6 nitrogen and oxygen atoms in total. The van der Waals surface area contributed by atoms with Crippen LogP contribution in [0.3, 0.4) is 0 Å². The molecule has 1 aromatic rings. The molecule has 0 aromatic heterocycles. The van der Waals surface area contributed by atoms with Gasteiger partial charge in [0.1, 0.15) is 12.2 Å². The topological polar surface area (TPSA) is 87.4 Å². The summed E-state index contributed by atoms with van der Waals surface area (Å²) in [7, 11) is 0. The largest absolute Gasteiger partial charge is 0.395 e. The third kappa shape index (κ3) is 5.90. The summed E-state index contributed by atoms with van der Waals surface area (Å²) in [6.45, 7) is 7.01. The molecule has 0 amide bonds. The van der Waals surface area contributed by atoms with Crippen LogP contribution in [0.15, 0.2) is 24.3 Å². The quantitative estimate of drug-likeness (QED) is 0.490. The van der Waals surface area contributed by atoms with Crippen molar-refractivity contribution in [2.45, 2.75) is 70.4 Å². The van der Waals surface area contributed by atoms with Crippen LogP contribution in [-0.2, 0) is 6.54 Å². The van der Waals surface area contributed by atoms with Gasteiger partial charge in [0.05, 0.1) is 18.8 Å². The van der Waals surface area contributed by atoms with Crippen molar-refractivity contribution in [1.82, 2.24) is 4.90 Å². The van der Waals surface area contributed by atoms with E-state index in [-0.39, 0.29) is 13.2 Å². The minimum Gasteiger partial charge on any atom is -0.395 e. The summed E-state index contributed by atoms with van der Waals surface area (Å²) in [4.78, 5) is 4.26. The van der Waals surface area contributed by atoms with Crippen molar-refractivity contribution >= 4 is 5.69 Å². The van der Waals surface area contributed by atoms with E-state index in [1.165, 1.54) is 31.4 Å². The van der Waals surface area contributed by atoms with Crippen LogP contribution in [0.5, 0.6) is 0 Å². The first-order valence-corrected chi connectivity index (χ1v) is 10.2. The van der Waals surface area contributed by atoms with Crippen LogP contribution < -0.4 is 4.90 Å². The highest BCUT2D eigenvalue weighted by Crippen LogP contribution is 2.23. The van der Waals surface area contributed by atoms with Crippen LogP contribution in [0.4, 0.5) is 5.69 Å².